The van der Waals surface area contributed by atoms with Gasteiger partial charge < -0.3 is 4.90 Å². The molecule has 0 fully saturated rings. The van der Waals surface area contributed by atoms with Gasteiger partial charge in [0.1, 0.15) is 0 Å². The highest BCUT2D eigenvalue weighted by molar-refractivity contribution is 5.79. The summed E-state index contributed by atoms with van der Waals surface area (Å²) in [7, 11) is 0. The number of aromatic nitrogens is 1. The van der Waals surface area contributed by atoms with Crippen LogP contribution in [0.1, 0.15) is 11.1 Å². The van der Waals surface area contributed by atoms with Crippen LogP contribution in [0.4, 0.5) is 17.1 Å². The van der Waals surface area contributed by atoms with Gasteiger partial charge in [0.2, 0.25) is 0 Å². The molecular formula is C32H26N2. The Morgan fingerprint density at radius 3 is 1.85 bits per heavy atom. The first kappa shape index (κ1) is 21.4. The van der Waals surface area contributed by atoms with E-state index in [2.05, 4.69) is 120 Å². The van der Waals surface area contributed by atoms with Crippen LogP contribution in [-0.2, 0) is 0 Å². The maximum Gasteiger partial charge on any atom is 0.0702 e. The van der Waals surface area contributed by atoms with Gasteiger partial charge >= 0.3 is 0 Å². The molecule has 2 nitrogen and oxygen atoms in total. The van der Waals surface area contributed by atoms with Crippen molar-refractivity contribution in [3.8, 4) is 22.4 Å². The van der Waals surface area contributed by atoms with Crippen molar-refractivity contribution < 1.29 is 0 Å². The summed E-state index contributed by atoms with van der Waals surface area (Å²) in [5, 5.41) is 0. The van der Waals surface area contributed by atoms with E-state index in [0.29, 0.717) is 0 Å². The van der Waals surface area contributed by atoms with E-state index in [9.17, 15) is 0 Å². The molecule has 0 unspecified atom stereocenters. The molecule has 0 aliphatic heterocycles. The number of pyridine rings is 1. The second kappa shape index (κ2) is 9.60. The summed E-state index contributed by atoms with van der Waals surface area (Å²) in [4.78, 5) is 6.77. The van der Waals surface area contributed by atoms with E-state index >= 15 is 0 Å². The lowest BCUT2D eigenvalue weighted by molar-refractivity contribution is 1.27. The lowest BCUT2D eigenvalue weighted by atomic mass is 10.0. The smallest absolute Gasteiger partial charge is 0.0702 e. The minimum Gasteiger partial charge on any atom is -0.311 e. The predicted octanol–water partition coefficient (Wildman–Crippen LogP) is 8.84. The number of hydrogen-bond acceptors (Lipinski definition) is 2. The van der Waals surface area contributed by atoms with Crippen LogP contribution < -0.4 is 4.90 Å². The first-order valence-electron chi connectivity index (χ1n) is 11.4. The van der Waals surface area contributed by atoms with Crippen LogP contribution in [0.15, 0.2) is 128 Å². The molecule has 0 radical (unpaired) electrons. The summed E-state index contributed by atoms with van der Waals surface area (Å²) in [6, 6.07) is 40.4. The monoisotopic (exact) mass is 438 g/mol. The van der Waals surface area contributed by atoms with Gasteiger partial charge in [-0.25, -0.2) is 0 Å². The normalized spacial score (nSPS) is 10.6. The third-order valence-electron chi connectivity index (χ3n) is 5.96. The van der Waals surface area contributed by atoms with Gasteiger partial charge in [0, 0.05) is 28.8 Å². The van der Waals surface area contributed by atoms with E-state index in [1.165, 1.54) is 16.7 Å². The fourth-order valence-electron chi connectivity index (χ4n) is 4.10. The molecule has 0 aliphatic rings. The van der Waals surface area contributed by atoms with Crippen LogP contribution >= 0.6 is 0 Å². The number of hydrogen-bond donors (Lipinski definition) is 0. The zero-order valence-corrected chi connectivity index (χ0v) is 19.2. The standard InChI is InChI=1S/C32H26N2/c1-3-25-12-18-30(19-13-25)34(29-16-10-24(2)11-17-29)31-20-14-26(15-21-31)27-7-6-8-28(23-27)32-9-4-5-22-33-32/h3-23H,1H2,2H3. The lowest BCUT2D eigenvalue weighted by Gasteiger charge is -2.26. The van der Waals surface area contributed by atoms with Crippen LogP contribution in [0, 0.1) is 6.92 Å². The molecule has 4 aromatic carbocycles. The summed E-state index contributed by atoms with van der Waals surface area (Å²) < 4.78 is 0. The average Bonchev–Trinajstić information content (AvgIpc) is 2.91. The van der Waals surface area contributed by atoms with Crippen molar-refractivity contribution in [2.45, 2.75) is 6.92 Å². The van der Waals surface area contributed by atoms with Crippen molar-refractivity contribution in [3.63, 3.8) is 0 Å². The molecule has 0 amide bonds. The van der Waals surface area contributed by atoms with E-state index < -0.39 is 0 Å². The molecule has 0 saturated heterocycles. The van der Waals surface area contributed by atoms with Gasteiger partial charge in [-0.05, 0) is 78.2 Å². The Morgan fingerprint density at radius 1 is 0.618 bits per heavy atom. The highest BCUT2D eigenvalue weighted by atomic mass is 15.1. The highest BCUT2D eigenvalue weighted by Crippen LogP contribution is 2.36. The largest absolute Gasteiger partial charge is 0.311 e. The lowest BCUT2D eigenvalue weighted by Crippen LogP contribution is -2.09. The van der Waals surface area contributed by atoms with Crippen LogP contribution in [0.3, 0.4) is 0 Å². The van der Waals surface area contributed by atoms with Crippen LogP contribution in [0.25, 0.3) is 28.5 Å². The van der Waals surface area contributed by atoms with E-state index in [0.717, 1.165) is 33.9 Å². The molecule has 1 heterocycles. The maximum atomic E-state index is 4.49. The van der Waals surface area contributed by atoms with Crippen molar-refractivity contribution in [1.82, 2.24) is 4.98 Å². The number of aryl methyl sites for hydroxylation is 1. The van der Waals surface area contributed by atoms with E-state index in [-0.39, 0.29) is 0 Å². The van der Waals surface area contributed by atoms with E-state index in [1.807, 2.05) is 30.5 Å². The molecule has 0 bridgehead atoms. The van der Waals surface area contributed by atoms with Gasteiger partial charge in [-0.1, -0.05) is 78.9 Å². The fraction of sp³-hybridized carbons (Fsp3) is 0.0312. The number of nitrogens with zero attached hydrogens (tertiary/aromatic N) is 2. The second-order valence-electron chi connectivity index (χ2n) is 8.31. The Bertz CT molecular complexity index is 1380. The van der Waals surface area contributed by atoms with Crippen molar-refractivity contribution in [2.75, 3.05) is 4.90 Å². The molecule has 0 N–H and O–H groups in total. The summed E-state index contributed by atoms with van der Waals surface area (Å²) in [5.41, 5.74) is 10.1. The van der Waals surface area contributed by atoms with Gasteiger partial charge in [-0.2, -0.15) is 0 Å². The Labute approximate surface area is 201 Å². The van der Waals surface area contributed by atoms with E-state index in [4.69, 9.17) is 0 Å². The number of benzene rings is 4. The van der Waals surface area contributed by atoms with Crippen LogP contribution in [-0.4, -0.2) is 4.98 Å². The molecule has 34 heavy (non-hydrogen) atoms. The quantitative estimate of drug-likeness (QED) is 0.263. The molecule has 0 aliphatic carbocycles. The molecule has 0 atom stereocenters. The SMILES string of the molecule is C=Cc1ccc(N(c2ccc(C)cc2)c2ccc(-c3cccc(-c4ccccn4)c3)cc2)cc1. The molecule has 2 heteroatoms. The predicted molar refractivity (Wildman–Crippen MR) is 145 cm³/mol. The minimum absolute atomic E-state index is 0.981. The second-order valence-corrected chi connectivity index (χ2v) is 8.31. The van der Waals surface area contributed by atoms with Crippen molar-refractivity contribution in [2.24, 2.45) is 0 Å². The molecule has 0 spiro atoms. The average molecular weight is 439 g/mol. The Hall–Kier alpha value is -4.43. The molecular weight excluding hydrogens is 412 g/mol. The fourth-order valence-corrected chi connectivity index (χ4v) is 4.10. The summed E-state index contributed by atoms with van der Waals surface area (Å²) in [6.07, 6.45) is 3.70. The Morgan fingerprint density at radius 2 is 1.24 bits per heavy atom. The van der Waals surface area contributed by atoms with Crippen LogP contribution in [0.2, 0.25) is 0 Å². The molecule has 164 valence electrons. The molecule has 0 saturated carbocycles. The number of rotatable bonds is 6. The first-order valence-corrected chi connectivity index (χ1v) is 11.4. The third kappa shape index (κ3) is 4.53. The maximum absolute atomic E-state index is 4.49. The van der Waals surface area contributed by atoms with Gasteiger partial charge in [0.15, 0.2) is 0 Å². The zero-order chi connectivity index (χ0) is 23.3. The number of anilines is 3. The topological polar surface area (TPSA) is 16.1 Å². The minimum atomic E-state index is 0.981. The van der Waals surface area contributed by atoms with Gasteiger partial charge in [-0.15, -0.1) is 0 Å². The Kier molecular flexibility index (Phi) is 6.05. The van der Waals surface area contributed by atoms with Crippen LogP contribution in [0.5, 0.6) is 0 Å². The van der Waals surface area contributed by atoms with Crippen molar-refractivity contribution in [1.29, 1.82) is 0 Å². The van der Waals surface area contributed by atoms with E-state index in [1.54, 1.807) is 0 Å². The zero-order valence-electron chi connectivity index (χ0n) is 19.2. The van der Waals surface area contributed by atoms with Crippen molar-refractivity contribution >= 4 is 23.1 Å². The molecule has 1 aromatic heterocycles. The van der Waals surface area contributed by atoms with Gasteiger partial charge in [0.25, 0.3) is 0 Å². The summed E-state index contributed by atoms with van der Waals surface area (Å²) in [5.74, 6) is 0. The third-order valence-corrected chi connectivity index (χ3v) is 5.96. The summed E-state index contributed by atoms with van der Waals surface area (Å²) in [6.45, 7) is 5.99. The van der Waals surface area contributed by atoms with Crippen molar-refractivity contribution in [3.05, 3.63) is 139 Å². The molecule has 5 aromatic rings. The summed E-state index contributed by atoms with van der Waals surface area (Å²) >= 11 is 0. The van der Waals surface area contributed by atoms with Gasteiger partial charge in [-0.3, -0.25) is 4.98 Å². The first-order chi connectivity index (χ1) is 16.7. The highest BCUT2D eigenvalue weighted by Gasteiger charge is 2.13. The van der Waals surface area contributed by atoms with Gasteiger partial charge in [0.05, 0.1) is 5.69 Å². The Balaban J connectivity index is 1.51. The molecule has 5 rings (SSSR count).